The lowest BCUT2D eigenvalue weighted by Crippen LogP contribution is -2.09. The molecule has 0 spiro atoms. The number of rotatable bonds is 4. The zero-order valence-corrected chi connectivity index (χ0v) is 17.1. The molecule has 140 valence electrons. The lowest BCUT2D eigenvalue weighted by Gasteiger charge is -2.02. The van der Waals surface area contributed by atoms with Crippen molar-refractivity contribution in [1.82, 2.24) is 14.6 Å². The Labute approximate surface area is 179 Å². The van der Waals surface area contributed by atoms with E-state index in [1.54, 1.807) is 40.9 Å². The maximum Gasteiger partial charge on any atom is 0.250 e. The molecule has 1 amide bonds. The van der Waals surface area contributed by atoms with Crippen LogP contribution in [0.1, 0.15) is 5.56 Å². The average molecular weight is 450 g/mol. The number of aromatic nitrogens is 3. The predicted octanol–water partition coefficient (Wildman–Crippen LogP) is 6.07. The number of nitrogens with zero attached hydrogens (tertiary/aromatic N) is 3. The summed E-state index contributed by atoms with van der Waals surface area (Å²) in [5.41, 5.74) is 2.30. The van der Waals surface area contributed by atoms with E-state index in [2.05, 4.69) is 15.4 Å². The summed E-state index contributed by atoms with van der Waals surface area (Å²) >= 11 is 19.7. The van der Waals surface area contributed by atoms with E-state index in [1.165, 1.54) is 17.4 Å². The van der Waals surface area contributed by atoms with Crippen LogP contribution < -0.4 is 5.32 Å². The predicted molar refractivity (Wildman–Crippen MR) is 115 cm³/mol. The van der Waals surface area contributed by atoms with Crippen molar-refractivity contribution in [3.8, 4) is 11.3 Å². The Morgan fingerprint density at radius 3 is 2.75 bits per heavy atom. The quantitative estimate of drug-likeness (QED) is 0.385. The Kier molecular flexibility index (Phi) is 5.37. The molecule has 0 aliphatic carbocycles. The number of hydrogen-bond donors (Lipinski definition) is 1. The molecule has 2 aromatic heterocycles. The molecule has 0 bridgehead atoms. The number of carbonyl (C=O) groups excluding carboxylic acids is 1. The fourth-order valence-electron chi connectivity index (χ4n) is 2.55. The molecule has 0 saturated heterocycles. The monoisotopic (exact) mass is 448 g/mol. The molecule has 0 radical (unpaired) electrons. The summed E-state index contributed by atoms with van der Waals surface area (Å²) in [6.07, 6.45) is 3.06. The molecule has 9 heteroatoms. The van der Waals surface area contributed by atoms with Crippen LogP contribution in [0.2, 0.25) is 15.1 Å². The van der Waals surface area contributed by atoms with Crippen LogP contribution in [0.3, 0.4) is 0 Å². The second-order valence-electron chi connectivity index (χ2n) is 5.75. The minimum absolute atomic E-state index is 0.201. The number of carbonyl (C=O) groups is 1. The van der Waals surface area contributed by atoms with Crippen LogP contribution in [0.25, 0.3) is 22.3 Å². The Morgan fingerprint density at radius 1 is 1.11 bits per heavy atom. The summed E-state index contributed by atoms with van der Waals surface area (Å²) in [6.45, 7) is 0. The summed E-state index contributed by atoms with van der Waals surface area (Å²) < 4.78 is 1.62. The van der Waals surface area contributed by atoms with Gasteiger partial charge >= 0.3 is 0 Å². The molecule has 0 saturated carbocycles. The third kappa shape index (κ3) is 4.05. The summed E-state index contributed by atoms with van der Waals surface area (Å²) in [5, 5.41) is 10.6. The van der Waals surface area contributed by atoms with Crippen molar-refractivity contribution in [3.63, 3.8) is 0 Å². The smallest absolute Gasteiger partial charge is 0.250 e. The van der Waals surface area contributed by atoms with Crippen LogP contribution >= 0.6 is 46.1 Å². The van der Waals surface area contributed by atoms with E-state index in [4.69, 9.17) is 34.8 Å². The number of anilines is 1. The second kappa shape index (κ2) is 7.93. The zero-order valence-electron chi connectivity index (χ0n) is 14.1. The summed E-state index contributed by atoms with van der Waals surface area (Å²) in [5.74, 6) is -0.146. The molecule has 1 N–H and O–H groups in total. The van der Waals surface area contributed by atoms with E-state index < -0.39 is 0 Å². The largest absolute Gasteiger partial charge is 0.290 e. The third-order valence-corrected chi connectivity index (χ3v) is 5.41. The summed E-state index contributed by atoms with van der Waals surface area (Å²) in [4.78, 5) is 17.1. The van der Waals surface area contributed by atoms with Crippen molar-refractivity contribution in [2.45, 2.75) is 0 Å². The van der Waals surface area contributed by atoms with Crippen LogP contribution in [-0.2, 0) is 4.79 Å². The van der Waals surface area contributed by atoms with Gasteiger partial charge in [0.2, 0.25) is 4.96 Å². The minimum atomic E-state index is -0.347. The molecule has 0 aliphatic rings. The van der Waals surface area contributed by atoms with E-state index in [-0.39, 0.29) is 11.9 Å². The number of thiazole rings is 1. The maximum atomic E-state index is 12.2. The molecule has 28 heavy (non-hydrogen) atoms. The van der Waals surface area contributed by atoms with E-state index >= 15 is 0 Å². The molecular weight excluding hydrogens is 439 g/mol. The normalized spacial score (nSPS) is 11.4. The highest BCUT2D eigenvalue weighted by Gasteiger charge is 2.15. The lowest BCUT2D eigenvalue weighted by atomic mass is 10.2. The van der Waals surface area contributed by atoms with Crippen molar-refractivity contribution in [3.05, 3.63) is 74.6 Å². The van der Waals surface area contributed by atoms with Crippen LogP contribution in [0.5, 0.6) is 0 Å². The first-order valence-electron chi connectivity index (χ1n) is 8.04. The number of nitrogens with one attached hydrogen (secondary N) is 1. The van der Waals surface area contributed by atoms with E-state index in [9.17, 15) is 4.79 Å². The van der Waals surface area contributed by atoms with Crippen molar-refractivity contribution >= 4 is 69.0 Å². The molecule has 4 aromatic rings. The van der Waals surface area contributed by atoms with Gasteiger partial charge in [-0.2, -0.15) is 4.98 Å². The van der Waals surface area contributed by atoms with Crippen LogP contribution in [0.4, 0.5) is 5.95 Å². The number of hydrogen-bond acceptors (Lipinski definition) is 4. The molecule has 0 fully saturated rings. The van der Waals surface area contributed by atoms with Crippen molar-refractivity contribution in [2.24, 2.45) is 0 Å². The Balaban J connectivity index is 1.56. The topological polar surface area (TPSA) is 59.3 Å². The van der Waals surface area contributed by atoms with Gasteiger partial charge in [-0.05, 0) is 42.0 Å². The SMILES string of the molecule is O=C(/C=C/c1cccc(Cl)c1)Nc1nc2scc(-c3cc(Cl)ccc3Cl)n2n1. The highest BCUT2D eigenvalue weighted by Crippen LogP contribution is 2.33. The number of benzene rings is 2. The van der Waals surface area contributed by atoms with Gasteiger partial charge in [0.05, 0.1) is 10.7 Å². The highest BCUT2D eigenvalue weighted by atomic mass is 35.5. The van der Waals surface area contributed by atoms with Crippen molar-refractivity contribution in [1.29, 1.82) is 0 Å². The fourth-order valence-corrected chi connectivity index (χ4v) is 3.96. The average Bonchev–Trinajstić information content (AvgIpc) is 3.22. The minimum Gasteiger partial charge on any atom is -0.290 e. The summed E-state index contributed by atoms with van der Waals surface area (Å²) in [6, 6.07) is 12.4. The molecule has 0 unspecified atom stereocenters. The van der Waals surface area contributed by atoms with Crippen molar-refractivity contribution in [2.75, 3.05) is 5.32 Å². The van der Waals surface area contributed by atoms with Gasteiger partial charge < -0.3 is 0 Å². The first kappa shape index (κ1) is 19.0. The zero-order chi connectivity index (χ0) is 19.7. The fraction of sp³-hybridized carbons (Fsp3) is 0. The van der Waals surface area contributed by atoms with Gasteiger partial charge in [-0.3, -0.25) is 10.1 Å². The number of fused-ring (bicyclic) bond motifs is 1. The van der Waals surface area contributed by atoms with Crippen LogP contribution in [-0.4, -0.2) is 20.5 Å². The van der Waals surface area contributed by atoms with Gasteiger partial charge in [0.15, 0.2) is 0 Å². The second-order valence-corrected chi connectivity index (χ2v) is 7.87. The molecule has 0 atom stereocenters. The van der Waals surface area contributed by atoms with Gasteiger partial charge in [-0.25, -0.2) is 4.52 Å². The molecule has 2 heterocycles. The van der Waals surface area contributed by atoms with E-state index in [0.29, 0.717) is 20.0 Å². The molecule has 4 rings (SSSR count). The standard InChI is InChI=1S/C19H11Cl3N4OS/c20-12-3-1-2-11(8-12)4-7-17(27)23-18-24-19-26(25-18)16(10-28-19)14-9-13(21)5-6-15(14)22/h1-10H,(H,23,25,27)/b7-4+. The third-order valence-electron chi connectivity index (χ3n) is 3.80. The number of halogens is 3. The lowest BCUT2D eigenvalue weighted by molar-refractivity contribution is -0.111. The van der Waals surface area contributed by atoms with Gasteiger partial charge in [-0.1, -0.05) is 46.9 Å². The van der Waals surface area contributed by atoms with Crippen molar-refractivity contribution < 1.29 is 4.79 Å². The molecule has 0 aliphatic heterocycles. The maximum absolute atomic E-state index is 12.2. The van der Waals surface area contributed by atoms with Gasteiger partial charge in [0.25, 0.3) is 11.9 Å². The molecular formula is C19H11Cl3N4OS. The van der Waals surface area contributed by atoms with E-state index in [1.807, 2.05) is 17.5 Å². The molecule has 2 aromatic carbocycles. The first-order valence-corrected chi connectivity index (χ1v) is 10.1. The Bertz CT molecular complexity index is 1220. The van der Waals surface area contributed by atoms with Gasteiger partial charge in [-0.15, -0.1) is 16.4 Å². The number of amides is 1. The van der Waals surface area contributed by atoms with Gasteiger partial charge in [0, 0.05) is 27.1 Å². The first-order chi connectivity index (χ1) is 13.5. The Morgan fingerprint density at radius 2 is 1.93 bits per heavy atom. The van der Waals surface area contributed by atoms with Gasteiger partial charge in [0.1, 0.15) is 0 Å². The Hall–Kier alpha value is -2.38. The van der Waals surface area contributed by atoms with Crippen LogP contribution in [0.15, 0.2) is 53.9 Å². The van der Waals surface area contributed by atoms with E-state index in [0.717, 1.165) is 16.8 Å². The highest BCUT2D eigenvalue weighted by molar-refractivity contribution is 7.15. The van der Waals surface area contributed by atoms with Crippen LogP contribution in [0, 0.1) is 0 Å². The summed E-state index contributed by atoms with van der Waals surface area (Å²) in [7, 11) is 0. The molecule has 5 nitrogen and oxygen atoms in total.